The van der Waals surface area contributed by atoms with E-state index in [9.17, 15) is 4.39 Å². The Hall–Kier alpha value is 1.30. The molecule has 8 heteroatoms. The highest BCUT2D eigenvalue weighted by atomic mass is 127. The molecule has 0 aromatic rings. The molecule has 16 heavy (non-hydrogen) atoms. The van der Waals surface area contributed by atoms with Gasteiger partial charge < -0.3 is 4.74 Å². The lowest BCUT2D eigenvalue weighted by molar-refractivity contribution is 0.0474. The molecule has 0 saturated heterocycles. The van der Waals surface area contributed by atoms with Gasteiger partial charge >= 0.3 is 0 Å². The van der Waals surface area contributed by atoms with Gasteiger partial charge in [0.15, 0.2) is 14.1 Å². The molecule has 4 atom stereocenters. The van der Waals surface area contributed by atoms with Crippen molar-refractivity contribution in [2.75, 3.05) is 0 Å². The third-order valence-corrected chi connectivity index (χ3v) is 7.36. The monoisotopic (exact) mass is 463 g/mol. The Kier molecular flexibility index (Phi) is 4.57. The molecule has 1 aliphatic carbocycles. The average Bonchev–Trinajstić information content (AvgIpc) is 2.08. The van der Waals surface area contributed by atoms with Gasteiger partial charge in [0.05, 0.1) is 9.70 Å². The van der Waals surface area contributed by atoms with Crippen LogP contribution in [0.5, 0.6) is 0 Å². The average molecular weight is 465 g/mol. The Labute approximate surface area is 130 Å². The van der Waals surface area contributed by atoms with Gasteiger partial charge in [0, 0.05) is 6.42 Å². The maximum absolute atomic E-state index is 14.2. The zero-order valence-corrected chi connectivity index (χ0v) is 14.0. The van der Waals surface area contributed by atoms with Gasteiger partial charge in [-0.3, -0.25) is 0 Å². The quantitative estimate of drug-likeness (QED) is 0.329. The van der Waals surface area contributed by atoms with E-state index in [2.05, 4.69) is 15.9 Å². The molecule has 0 bridgehead atoms. The number of hydrogen-bond donors (Lipinski definition) is 0. The van der Waals surface area contributed by atoms with Gasteiger partial charge in [-0.15, -0.1) is 11.6 Å². The Morgan fingerprint density at radius 3 is 2.50 bits per heavy atom. The second-order valence-corrected chi connectivity index (χ2v) is 8.86. The fourth-order valence-electron chi connectivity index (χ4n) is 1.71. The molecule has 4 unspecified atom stereocenters. The standard InChI is InChI=1S/C8H7BrCl3FINO/c1-6(10)2-7(13,14)4(9)8(11,12)5(6)16-3-15/h4-5H,2H2,1H3. The fraction of sp³-hybridized carbons (Fsp3) is 0.875. The van der Waals surface area contributed by atoms with E-state index in [0.29, 0.717) is 0 Å². The van der Waals surface area contributed by atoms with Crippen LogP contribution in [-0.4, -0.2) is 23.8 Å². The van der Waals surface area contributed by atoms with Crippen LogP contribution < -0.4 is 0 Å². The maximum Gasteiger partial charge on any atom is 0.286 e. The van der Waals surface area contributed by atoms with Crippen LogP contribution in [0.2, 0.25) is 0 Å². The predicted octanol–water partition coefficient (Wildman–Crippen LogP) is 4.29. The lowest BCUT2D eigenvalue weighted by Gasteiger charge is -2.49. The number of alkyl halides is 6. The minimum absolute atomic E-state index is 0.0361. The maximum atomic E-state index is 14.2. The van der Waals surface area contributed by atoms with Crippen LogP contribution in [0.15, 0.2) is 0 Å². The molecule has 0 aromatic carbocycles. The van der Waals surface area contributed by atoms with E-state index >= 15 is 0 Å². The van der Waals surface area contributed by atoms with E-state index in [1.165, 1.54) is 6.26 Å². The van der Waals surface area contributed by atoms with Gasteiger partial charge in [-0.1, -0.05) is 39.1 Å². The molecular formula is C8H7BrCl3FINO. The van der Waals surface area contributed by atoms with Crippen molar-refractivity contribution in [1.29, 1.82) is 5.26 Å². The third kappa shape index (κ3) is 2.66. The van der Waals surface area contributed by atoms with Crippen molar-refractivity contribution < 1.29 is 9.13 Å². The van der Waals surface area contributed by atoms with Crippen molar-refractivity contribution in [3.8, 4) is 6.26 Å². The van der Waals surface area contributed by atoms with E-state index in [-0.39, 0.29) is 6.42 Å². The largest absolute Gasteiger partial charge is 0.419 e. The van der Waals surface area contributed by atoms with Crippen molar-refractivity contribution in [3.63, 3.8) is 0 Å². The summed E-state index contributed by atoms with van der Waals surface area (Å²) in [6.45, 7) is 1.54. The second kappa shape index (κ2) is 4.76. The molecule has 1 aliphatic rings. The molecule has 0 spiro atoms. The molecule has 2 nitrogen and oxygen atoms in total. The van der Waals surface area contributed by atoms with Gasteiger partial charge in [-0.25, -0.2) is 4.39 Å². The highest BCUT2D eigenvalue weighted by molar-refractivity contribution is 14.1. The summed E-state index contributed by atoms with van der Waals surface area (Å²) in [5.74, 6) is 0. The molecule has 0 N–H and O–H groups in total. The van der Waals surface area contributed by atoms with Crippen LogP contribution in [0.1, 0.15) is 13.3 Å². The number of nitrogens with zero attached hydrogens (tertiary/aromatic N) is 1. The number of nitriles is 1. The minimum Gasteiger partial charge on any atom is -0.419 e. The first-order valence-corrected chi connectivity index (χ1v) is 7.32. The van der Waals surface area contributed by atoms with Crippen LogP contribution >= 0.6 is 73.3 Å². The van der Waals surface area contributed by atoms with E-state index in [1.807, 2.05) is 0 Å². The smallest absolute Gasteiger partial charge is 0.286 e. The Bertz CT molecular complexity index is 334. The van der Waals surface area contributed by atoms with E-state index in [0.717, 1.165) is 0 Å². The normalized spacial score (nSPS) is 47.1. The van der Waals surface area contributed by atoms with Crippen LogP contribution in [0.25, 0.3) is 0 Å². The molecule has 0 amide bonds. The molecule has 0 aromatic heterocycles. The first-order valence-electron chi connectivity index (χ1n) is 4.19. The molecule has 1 rings (SSSR count). The number of ether oxygens (including phenoxy) is 1. The summed E-state index contributed by atoms with van der Waals surface area (Å²) < 4.78 is 15.7. The van der Waals surface area contributed by atoms with Crippen molar-refractivity contribution in [3.05, 3.63) is 0 Å². The highest BCUT2D eigenvalue weighted by Gasteiger charge is 2.65. The molecule has 0 radical (unpaired) electrons. The van der Waals surface area contributed by atoms with Crippen molar-refractivity contribution in [2.24, 2.45) is 0 Å². The van der Waals surface area contributed by atoms with Crippen molar-refractivity contribution in [2.45, 2.75) is 37.2 Å². The first kappa shape index (κ1) is 15.4. The summed E-state index contributed by atoms with van der Waals surface area (Å²) in [4.78, 5) is -2.04. The molecule has 0 heterocycles. The van der Waals surface area contributed by atoms with Crippen LogP contribution in [0.3, 0.4) is 0 Å². The zero-order valence-electron chi connectivity index (χ0n) is 7.99. The number of halogens is 6. The van der Waals surface area contributed by atoms with Crippen LogP contribution in [0, 0.1) is 11.5 Å². The Morgan fingerprint density at radius 1 is 1.56 bits per heavy atom. The molecule has 92 valence electrons. The second-order valence-electron chi connectivity index (χ2n) is 3.84. The van der Waals surface area contributed by atoms with E-state index in [1.54, 1.807) is 29.5 Å². The van der Waals surface area contributed by atoms with Gasteiger partial charge in [-0.05, 0) is 29.5 Å². The van der Waals surface area contributed by atoms with Gasteiger partial charge in [-0.2, -0.15) is 5.26 Å². The summed E-state index contributed by atoms with van der Waals surface area (Å²) in [5, 5.41) is 8.54. The predicted molar refractivity (Wildman–Crippen MR) is 74.4 cm³/mol. The van der Waals surface area contributed by atoms with Crippen molar-refractivity contribution >= 4 is 73.3 Å². The summed E-state index contributed by atoms with van der Waals surface area (Å²) in [7, 11) is 0. The van der Waals surface area contributed by atoms with Gasteiger partial charge in [0.2, 0.25) is 0 Å². The number of rotatable bonds is 1. The minimum atomic E-state index is -1.72. The third-order valence-electron chi connectivity index (χ3n) is 2.36. The van der Waals surface area contributed by atoms with E-state index in [4.69, 9.17) is 44.8 Å². The topological polar surface area (TPSA) is 33.0 Å². The molecule has 0 aliphatic heterocycles. The number of hydrogen-bond acceptors (Lipinski definition) is 2. The molecule has 1 fully saturated rings. The van der Waals surface area contributed by atoms with Crippen molar-refractivity contribution in [1.82, 2.24) is 0 Å². The SMILES string of the molecule is CC1(Cl)CC(F)(I)C(Br)C(Cl)(Cl)C1OC#N. The summed E-state index contributed by atoms with van der Waals surface area (Å²) in [5.41, 5.74) is 0. The Balaban J connectivity index is 3.16. The van der Waals surface area contributed by atoms with Gasteiger partial charge in [0.1, 0.15) is 0 Å². The lowest BCUT2D eigenvalue weighted by atomic mass is 9.84. The van der Waals surface area contributed by atoms with Crippen LogP contribution in [0.4, 0.5) is 4.39 Å². The van der Waals surface area contributed by atoms with Gasteiger partial charge in [0.25, 0.3) is 6.26 Å². The molecule has 1 saturated carbocycles. The Morgan fingerprint density at radius 2 is 2.06 bits per heavy atom. The van der Waals surface area contributed by atoms with Crippen LogP contribution in [-0.2, 0) is 4.74 Å². The zero-order chi connectivity index (χ0) is 12.8. The van der Waals surface area contributed by atoms with E-state index < -0.39 is 23.8 Å². The highest BCUT2D eigenvalue weighted by Crippen LogP contribution is 2.57. The fourth-order valence-corrected chi connectivity index (χ4v) is 5.43. The summed E-state index contributed by atoms with van der Waals surface area (Å²) in [6.07, 6.45) is 0.473. The first-order chi connectivity index (χ1) is 7.05. The molecular weight excluding hydrogens is 458 g/mol. The summed E-state index contributed by atoms with van der Waals surface area (Å²) in [6, 6.07) is 0. The lowest BCUT2D eigenvalue weighted by Crippen LogP contribution is -2.63. The summed E-state index contributed by atoms with van der Waals surface area (Å²) >= 11 is 22.9.